The molecular weight excluding hydrogens is 514 g/mol. The van der Waals surface area contributed by atoms with Crippen LogP contribution in [-0.2, 0) is 23.8 Å². The number of rotatable bonds is 18. The van der Waals surface area contributed by atoms with Crippen LogP contribution in [0.3, 0.4) is 0 Å². The number of ether oxygens (including phenoxy) is 3. The van der Waals surface area contributed by atoms with Crippen LogP contribution in [0.25, 0.3) is 0 Å². The Balaban J connectivity index is 0.00000722. The Morgan fingerprint density at radius 1 is 0.974 bits per heavy atom. The summed E-state index contributed by atoms with van der Waals surface area (Å²) in [4.78, 5) is 40.8. The molecule has 0 amide bonds. The number of esters is 2. The number of carbonyl (C=O) groups excluding carboxylic acids is 2. The third kappa shape index (κ3) is 11.7. The maximum Gasteiger partial charge on any atom is 0.351 e. The van der Waals surface area contributed by atoms with Gasteiger partial charge in [0.05, 0.1) is 0 Å². The summed E-state index contributed by atoms with van der Waals surface area (Å²) in [7, 11) is 0. The Kier molecular flexibility index (Phi) is 16.9. The number of nitrogens with zero attached hydrogens (tertiary/aromatic N) is 2. The number of nitrogen functional groups attached to an aromatic ring is 1. The highest BCUT2D eigenvalue weighted by Gasteiger charge is 2.48. The van der Waals surface area contributed by atoms with E-state index in [1.54, 1.807) is 0 Å². The summed E-state index contributed by atoms with van der Waals surface area (Å²) in [6, 6.07) is 1.41. The first kappa shape index (κ1) is 33.9. The molecule has 1 aromatic heterocycles. The zero-order valence-electron chi connectivity index (χ0n) is 22.8. The van der Waals surface area contributed by atoms with E-state index >= 15 is 0 Å². The fourth-order valence-corrected chi connectivity index (χ4v) is 4.41. The lowest BCUT2D eigenvalue weighted by atomic mass is 10.1. The fourth-order valence-electron chi connectivity index (χ4n) is 4.41. The minimum Gasteiger partial charge on any atom is -0.463 e. The number of unbranched alkanes of at least 4 members (excludes halogenated alkanes) is 10. The van der Waals surface area contributed by atoms with E-state index in [1.165, 1.54) is 31.5 Å². The number of aliphatic hydroxyl groups is 1. The monoisotopic (exact) mass is 559 g/mol. The lowest BCUT2D eigenvalue weighted by molar-refractivity contribution is -0.160. The van der Waals surface area contributed by atoms with Gasteiger partial charge in [-0.15, -0.1) is 12.4 Å². The summed E-state index contributed by atoms with van der Waals surface area (Å²) >= 11 is 0. The molecule has 218 valence electrons. The molecule has 0 spiro atoms. The van der Waals surface area contributed by atoms with Gasteiger partial charge in [0.25, 0.3) is 0 Å². The van der Waals surface area contributed by atoms with Gasteiger partial charge in [0.1, 0.15) is 24.6 Å². The molecule has 3 N–H and O–H groups in total. The molecule has 0 aliphatic carbocycles. The largest absolute Gasteiger partial charge is 0.463 e. The molecule has 1 aliphatic heterocycles. The van der Waals surface area contributed by atoms with Crippen LogP contribution in [0, 0.1) is 0 Å². The Labute approximate surface area is 232 Å². The molecule has 11 heteroatoms. The number of nitrogens with two attached hydrogens (primary N) is 1. The minimum absolute atomic E-state index is 0. The van der Waals surface area contributed by atoms with Crippen molar-refractivity contribution in [3.05, 3.63) is 22.7 Å². The number of hydrogen-bond acceptors (Lipinski definition) is 9. The molecule has 0 aromatic carbocycles. The molecule has 1 fully saturated rings. The lowest BCUT2D eigenvalue weighted by Crippen LogP contribution is -2.39. The van der Waals surface area contributed by atoms with E-state index in [4.69, 9.17) is 19.9 Å². The summed E-state index contributed by atoms with van der Waals surface area (Å²) in [6.45, 7) is 4.11. The Bertz CT molecular complexity index is 882. The minimum atomic E-state index is -1.35. The van der Waals surface area contributed by atoms with Crippen molar-refractivity contribution in [2.24, 2.45) is 0 Å². The Morgan fingerprint density at radius 3 is 2.11 bits per heavy atom. The second-order valence-corrected chi connectivity index (χ2v) is 9.77. The molecule has 0 bridgehead atoms. The van der Waals surface area contributed by atoms with Crippen molar-refractivity contribution in [3.8, 4) is 0 Å². The number of anilines is 1. The highest BCUT2D eigenvalue weighted by Crippen LogP contribution is 2.31. The molecule has 0 unspecified atom stereocenters. The zero-order chi connectivity index (χ0) is 27.0. The number of aliphatic hydroxyl groups excluding tert-OH is 1. The van der Waals surface area contributed by atoms with Gasteiger partial charge in [0, 0.05) is 19.0 Å². The van der Waals surface area contributed by atoms with Crippen LogP contribution in [-0.4, -0.2) is 51.5 Å². The van der Waals surface area contributed by atoms with E-state index in [-0.39, 0.29) is 43.6 Å². The van der Waals surface area contributed by atoms with Gasteiger partial charge in [-0.25, -0.2) is 4.79 Å². The van der Waals surface area contributed by atoms with Crippen LogP contribution in [0.1, 0.15) is 110 Å². The first-order valence-corrected chi connectivity index (χ1v) is 13.9. The van der Waals surface area contributed by atoms with Crippen LogP contribution < -0.4 is 11.4 Å². The maximum absolute atomic E-state index is 12.5. The second kappa shape index (κ2) is 19.0. The zero-order valence-corrected chi connectivity index (χ0v) is 23.7. The average Bonchev–Trinajstić information content (AvgIpc) is 3.17. The summed E-state index contributed by atoms with van der Waals surface area (Å²) in [5.41, 5.74) is 4.86. The Hall–Kier alpha value is -2.17. The molecule has 2 heterocycles. The summed E-state index contributed by atoms with van der Waals surface area (Å²) in [5.74, 6) is -0.800. The highest BCUT2D eigenvalue weighted by atomic mass is 35.5. The molecule has 1 aromatic rings. The quantitative estimate of drug-likeness (QED) is 0.197. The molecule has 1 aliphatic rings. The molecule has 0 saturated carbocycles. The van der Waals surface area contributed by atoms with Gasteiger partial charge in [-0.05, 0) is 18.9 Å². The predicted molar refractivity (Wildman–Crippen MR) is 147 cm³/mol. The van der Waals surface area contributed by atoms with Crippen molar-refractivity contribution in [2.75, 3.05) is 12.3 Å². The maximum atomic E-state index is 12.5. The number of carbonyl (C=O) groups is 2. The number of hydrogen-bond donors (Lipinski definition) is 2. The number of halogens is 1. The molecule has 4 atom stereocenters. The SMILES string of the molecule is CCCCCCCCC(=O)OC[C@H]1O[C@@H](n2ccc(N)nc2=O)[C@@H](O)[C@@H]1OC(=O)CCCCCCCC.Cl. The predicted octanol–water partition coefficient (Wildman–Crippen LogP) is 4.46. The molecular formula is C27H46ClN3O7. The topological polar surface area (TPSA) is 143 Å². The van der Waals surface area contributed by atoms with Crippen LogP contribution in [0.4, 0.5) is 5.82 Å². The van der Waals surface area contributed by atoms with E-state index < -0.39 is 36.2 Å². The molecule has 0 radical (unpaired) electrons. The smallest absolute Gasteiger partial charge is 0.351 e. The molecule has 1 saturated heterocycles. The lowest BCUT2D eigenvalue weighted by Gasteiger charge is -2.21. The van der Waals surface area contributed by atoms with Crippen molar-refractivity contribution in [1.82, 2.24) is 9.55 Å². The van der Waals surface area contributed by atoms with Crippen LogP contribution in [0.2, 0.25) is 0 Å². The molecule has 2 rings (SSSR count). The first-order chi connectivity index (χ1) is 17.9. The van der Waals surface area contributed by atoms with E-state index in [0.29, 0.717) is 6.42 Å². The number of aromatic nitrogens is 2. The summed E-state index contributed by atoms with van der Waals surface area (Å²) in [6.07, 6.45) is 9.78. The summed E-state index contributed by atoms with van der Waals surface area (Å²) in [5, 5.41) is 10.9. The van der Waals surface area contributed by atoms with Gasteiger partial charge in [0.2, 0.25) is 0 Å². The van der Waals surface area contributed by atoms with Gasteiger partial charge >= 0.3 is 17.6 Å². The van der Waals surface area contributed by atoms with Gasteiger partial charge < -0.3 is 25.1 Å². The van der Waals surface area contributed by atoms with Crippen molar-refractivity contribution < 1.29 is 28.9 Å². The van der Waals surface area contributed by atoms with E-state index in [9.17, 15) is 19.5 Å². The Morgan fingerprint density at radius 2 is 1.53 bits per heavy atom. The molecule has 38 heavy (non-hydrogen) atoms. The highest BCUT2D eigenvalue weighted by molar-refractivity contribution is 5.85. The third-order valence-corrected chi connectivity index (χ3v) is 6.58. The van der Waals surface area contributed by atoms with E-state index in [2.05, 4.69) is 18.8 Å². The van der Waals surface area contributed by atoms with E-state index in [0.717, 1.165) is 55.9 Å². The fraction of sp³-hybridized carbons (Fsp3) is 0.778. The average molecular weight is 560 g/mol. The van der Waals surface area contributed by atoms with Crippen LogP contribution >= 0.6 is 12.4 Å². The third-order valence-electron chi connectivity index (χ3n) is 6.58. The normalized spacial score (nSPS) is 20.6. The van der Waals surface area contributed by atoms with Crippen molar-refractivity contribution in [1.29, 1.82) is 0 Å². The van der Waals surface area contributed by atoms with Crippen molar-refractivity contribution in [2.45, 2.75) is 128 Å². The second-order valence-electron chi connectivity index (χ2n) is 9.77. The standard InChI is InChI=1S/C27H45N3O7.ClH/c1-3-5-7-9-11-13-15-22(31)35-19-20-25(37-23(32)16-14-12-10-8-6-4-2)24(33)26(36-20)30-18-17-21(28)29-27(30)34;/h17-18,20,24-26,33H,3-16,19H2,1-2H3,(H2,28,29,34);1H/t20-,24+,25-,26-;/m1./s1. The van der Waals surface area contributed by atoms with E-state index in [1.807, 2.05) is 0 Å². The van der Waals surface area contributed by atoms with Crippen LogP contribution in [0.5, 0.6) is 0 Å². The van der Waals surface area contributed by atoms with Crippen LogP contribution in [0.15, 0.2) is 17.1 Å². The first-order valence-electron chi connectivity index (χ1n) is 13.9. The van der Waals surface area contributed by atoms with Gasteiger partial charge in [-0.1, -0.05) is 78.1 Å². The van der Waals surface area contributed by atoms with Crippen molar-refractivity contribution >= 4 is 30.2 Å². The summed E-state index contributed by atoms with van der Waals surface area (Å²) < 4.78 is 17.9. The van der Waals surface area contributed by atoms with Crippen molar-refractivity contribution in [3.63, 3.8) is 0 Å². The van der Waals surface area contributed by atoms with Gasteiger partial charge in [0.15, 0.2) is 12.3 Å². The molecule has 10 nitrogen and oxygen atoms in total. The van der Waals surface area contributed by atoms with Gasteiger partial charge in [-0.2, -0.15) is 4.98 Å². The van der Waals surface area contributed by atoms with Gasteiger partial charge in [-0.3, -0.25) is 14.2 Å².